The zero-order chi connectivity index (χ0) is 17.9. The Labute approximate surface area is 152 Å². The van der Waals surface area contributed by atoms with E-state index in [1.807, 2.05) is 23.1 Å². The summed E-state index contributed by atoms with van der Waals surface area (Å²) >= 11 is 0. The van der Waals surface area contributed by atoms with Crippen LogP contribution in [0.5, 0.6) is 0 Å². The lowest BCUT2D eigenvalue weighted by Crippen LogP contribution is -2.30. The number of nitrogens with one attached hydrogen (secondary N) is 1. The SMILES string of the molecule is O=C(CCCc1ccccc1)N1CCCC1c1nc2ccc(F)cc2[nH]1. The Morgan fingerprint density at radius 2 is 2.08 bits per heavy atom. The second kappa shape index (κ2) is 7.28. The number of hydrogen-bond donors (Lipinski definition) is 1. The van der Waals surface area contributed by atoms with Gasteiger partial charge in [0.25, 0.3) is 0 Å². The van der Waals surface area contributed by atoms with Gasteiger partial charge in [-0.25, -0.2) is 9.37 Å². The van der Waals surface area contributed by atoms with Crippen LogP contribution in [0.15, 0.2) is 48.5 Å². The average molecular weight is 351 g/mol. The number of carbonyl (C=O) groups excluding carboxylic acids is 1. The summed E-state index contributed by atoms with van der Waals surface area (Å²) in [5.74, 6) is 0.655. The third kappa shape index (κ3) is 3.47. The molecular formula is C21H22FN3O. The van der Waals surface area contributed by atoms with Crippen LogP contribution in [0.1, 0.15) is 43.1 Å². The lowest BCUT2D eigenvalue weighted by atomic mass is 10.1. The number of likely N-dealkylation sites (tertiary alicyclic amines) is 1. The van der Waals surface area contributed by atoms with Crippen molar-refractivity contribution in [2.45, 2.75) is 38.1 Å². The predicted molar refractivity (Wildman–Crippen MR) is 99.1 cm³/mol. The highest BCUT2D eigenvalue weighted by Gasteiger charge is 2.31. The van der Waals surface area contributed by atoms with Gasteiger partial charge in [0.2, 0.25) is 5.91 Å². The molecule has 0 saturated carbocycles. The van der Waals surface area contributed by atoms with Gasteiger partial charge in [-0.15, -0.1) is 0 Å². The smallest absolute Gasteiger partial charge is 0.223 e. The molecule has 5 heteroatoms. The number of halogens is 1. The summed E-state index contributed by atoms with van der Waals surface area (Å²) < 4.78 is 13.4. The molecule has 0 bridgehead atoms. The van der Waals surface area contributed by atoms with Crippen molar-refractivity contribution < 1.29 is 9.18 Å². The van der Waals surface area contributed by atoms with Crippen LogP contribution < -0.4 is 0 Å². The number of nitrogens with zero attached hydrogens (tertiary/aromatic N) is 2. The fraction of sp³-hybridized carbons (Fsp3) is 0.333. The third-order valence-corrected chi connectivity index (χ3v) is 5.05. The van der Waals surface area contributed by atoms with Crippen LogP contribution in [0.2, 0.25) is 0 Å². The maximum Gasteiger partial charge on any atom is 0.223 e. The number of imidazole rings is 1. The van der Waals surface area contributed by atoms with Gasteiger partial charge in [0.1, 0.15) is 11.6 Å². The Bertz CT molecular complexity index is 906. The molecule has 1 aliphatic rings. The first-order valence-electron chi connectivity index (χ1n) is 9.19. The molecule has 1 aromatic heterocycles. The third-order valence-electron chi connectivity index (χ3n) is 5.05. The van der Waals surface area contributed by atoms with Gasteiger partial charge >= 0.3 is 0 Å². The van der Waals surface area contributed by atoms with E-state index >= 15 is 0 Å². The van der Waals surface area contributed by atoms with Gasteiger partial charge in [-0.1, -0.05) is 30.3 Å². The van der Waals surface area contributed by atoms with Crippen molar-refractivity contribution in [2.24, 2.45) is 0 Å². The second-order valence-electron chi connectivity index (χ2n) is 6.87. The van der Waals surface area contributed by atoms with E-state index < -0.39 is 0 Å². The van der Waals surface area contributed by atoms with Crippen molar-refractivity contribution in [3.8, 4) is 0 Å². The first-order chi connectivity index (χ1) is 12.7. The molecule has 3 aromatic rings. The van der Waals surface area contributed by atoms with Crippen LogP contribution in [-0.4, -0.2) is 27.3 Å². The Hall–Kier alpha value is -2.69. The van der Waals surface area contributed by atoms with Crippen molar-refractivity contribution in [2.75, 3.05) is 6.54 Å². The molecule has 1 N–H and O–H groups in total. The highest BCUT2D eigenvalue weighted by molar-refractivity contribution is 5.78. The average Bonchev–Trinajstić information content (AvgIpc) is 3.28. The second-order valence-corrected chi connectivity index (χ2v) is 6.87. The van der Waals surface area contributed by atoms with Crippen LogP contribution in [0.4, 0.5) is 4.39 Å². The zero-order valence-electron chi connectivity index (χ0n) is 14.6. The molecule has 1 fully saturated rings. The van der Waals surface area contributed by atoms with E-state index in [9.17, 15) is 9.18 Å². The maximum atomic E-state index is 13.4. The topological polar surface area (TPSA) is 49.0 Å². The molecule has 1 aliphatic heterocycles. The fourth-order valence-electron chi connectivity index (χ4n) is 3.74. The van der Waals surface area contributed by atoms with Gasteiger partial charge in [0, 0.05) is 13.0 Å². The van der Waals surface area contributed by atoms with Crippen LogP contribution in [-0.2, 0) is 11.2 Å². The number of rotatable bonds is 5. The van der Waals surface area contributed by atoms with E-state index in [4.69, 9.17) is 0 Å². The molecule has 4 rings (SSSR count). The molecule has 134 valence electrons. The first kappa shape index (κ1) is 16.8. The summed E-state index contributed by atoms with van der Waals surface area (Å²) in [4.78, 5) is 22.4. The number of aryl methyl sites for hydroxylation is 1. The molecule has 1 atom stereocenters. The zero-order valence-corrected chi connectivity index (χ0v) is 14.6. The van der Waals surface area contributed by atoms with Crippen molar-refractivity contribution in [1.82, 2.24) is 14.9 Å². The Balaban J connectivity index is 1.42. The molecular weight excluding hydrogens is 329 g/mol. The van der Waals surface area contributed by atoms with Gasteiger partial charge in [-0.05, 0) is 49.4 Å². The van der Waals surface area contributed by atoms with Crippen LogP contribution >= 0.6 is 0 Å². The van der Waals surface area contributed by atoms with E-state index in [2.05, 4.69) is 22.1 Å². The number of benzene rings is 2. The number of aromatic amines is 1. The maximum absolute atomic E-state index is 13.4. The lowest BCUT2D eigenvalue weighted by Gasteiger charge is -2.23. The quantitative estimate of drug-likeness (QED) is 0.741. The Morgan fingerprint density at radius 1 is 1.23 bits per heavy atom. The monoisotopic (exact) mass is 351 g/mol. The van der Waals surface area contributed by atoms with E-state index in [-0.39, 0.29) is 17.8 Å². The molecule has 0 radical (unpaired) electrons. The van der Waals surface area contributed by atoms with E-state index in [1.54, 1.807) is 6.07 Å². The van der Waals surface area contributed by atoms with Gasteiger partial charge in [0.05, 0.1) is 17.1 Å². The van der Waals surface area contributed by atoms with Crippen LogP contribution in [0, 0.1) is 5.82 Å². The Kier molecular flexibility index (Phi) is 4.69. The summed E-state index contributed by atoms with van der Waals surface area (Å²) in [7, 11) is 0. The molecule has 1 amide bonds. The normalized spacial score (nSPS) is 17.1. The molecule has 0 aliphatic carbocycles. The number of fused-ring (bicyclic) bond motifs is 1. The first-order valence-corrected chi connectivity index (χ1v) is 9.19. The number of amides is 1. The molecule has 2 aromatic carbocycles. The number of aromatic nitrogens is 2. The predicted octanol–water partition coefficient (Wildman–Crippen LogP) is 4.39. The van der Waals surface area contributed by atoms with Crippen LogP contribution in [0.25, 0.3) is 11.0 Å². The van der Waals surface area contributed by atoms with Crippen molar-refractivity contribution in [3.63, 3.8) is 0 Å². The minimum absolute atomic E-state index is 0.0327. The van der Waals surface area contributed by atoms with Gasteiger partial charge in [-0.3, -0.25) is 4.79 Å². The molecule has 1 saturated heterocycles. The standard InChI is InChI=1S/C21H22FN3O/c22-16-11-12-17-18(14-16)24-21(23-17)19-9-5-13-25(19)20(26)10-4-8-15-6-2-1-3-7-15/h1-3,6-7,11-12,14,19H,4-5,8-10,13H2,(H,23,24). The summed E-state index contributed by atoms with van der Waals surface area (Å²) in [5, 5.41) is 0. The van der Waals surface area contributed by atoms with Crippen molar-refractivity contribution >= 4 is 16.9 Å². The van der Waals surface area contributed by atoms with Gasteiger partial charge in [0.15, 0.2) is 0 Å². The van der Waals surface area contributed by atoms with E-state index in [0.717, 1.165) is 43.6 Å². The number of carbonyl (C=O) groups is 1. The van der Waals surface area contributed by atoms with Gasteiger partial charge in [-0.2, -0.15) is 0 Å². The highest BCUT2D eigenvalue weighted by atomic mass is 19.1. The lowest BCUT2D eigenvalue weighted by molar-refractivity contribution is -0.132. The van der Waals surface area contributed by atoms with Crippen molar-refractivity contribution in [1.29, 1.82) is 0 Å². The summed E-state index contributed by atoms with van der Waals surface area (Å²) in [6.07, 6.45) is 4.17. The highest BCUT2D eigenvalue weighted by Crippen LogP contribution is 2.32. The molecule has 0 spiro atoms. The molecule has 2 heterocycles. The minimum atomic E-state index is -0.284. The van der Waals surface area contributed by atoms with E-state index in [1.165, 1.54) is 17.7 Å². The number of H-pyrrole nitrogens is 1. The fourth-order valence-corrected chi connectivity index (χ4v) is 3.74. The van der Waals surface area contributed by atoms with Crippen molar-refractivity contribution in [3.05, 3.63) is 65.7 Å². The van der Waals surface area contributed by atoms with Crippen LogP contribution in [0.3, 0.4) is 0 Å². The summed E-state index contributed by atoms with van der Waals surface area (Å²) in [6.45, 7) is 0.764. The summed E-state index contributed by atoms with van der Waals surface area (Å²) in [6, 6.07) is 14.7. The largest absolute Gasteiger partial charge is 0.340 e. The molecule has 4 nitrogen and oxygen atoms in total. The summed E-state index contributed by atoms with van der Waals surface area (Å²) in [5.41, 5.74) is 2.69. The van der Waals surface area contributed by atoms with Gasteiger partial charge < -0.3 is 9.88 Å². The number of hydrogen-bond acceptors (Lipinski definition) is 2. The molecule has 1 unspecified atom stereocenters. The van der Waals surface area contributed by atoms with E-state index in [0.29, 0.717) is 11.9 Å². The Morgan fingerprint density at radius 3 is 2.92 bits per heavy atom. The minimum Gasteiger partial charge on any atom is -0.340 e. The molecule has 26 heavy (non-hydrogen) atoms.